The van der Waals surface area contributed by atoms with Gasteiger partial charge in [0, 0.05) is 24.0 Å². The van der Waals surface area contributed by atoms with Crippen LogP contribution in [0.15, 0.2) is 0 Å². The van der Waals surface area contributed by atoms with Crippen molar-refractivity contribution in [3.63, 3.8) is 0 Å². The van der Waals surface area contributed by atoms with Crippen LogP contribution in [-0.4, -0.2) is 42.1 Å². The van der Waals surface area contributed by atoms with E-state index in [0.29, 0.717) is 5.54 Å². The van der Waals surface area contributed by atoms with Crippen molar-refractivity contribution in [3.05, 3.63) is 0 Å². The molecule has 0 bridgehead atoms. The zero-order valence-corrected chi connectivity index (χ0v) is 10.6. The van der Waals surface area contributed by atoms with E-state index in [4.69, 9.17) is 4.74 Å². The van der Waals surface area contributed by atoms with Crippen molar-refractivity contribution in [2.24, 2.45) is 5.92 Å². The third-order valence-electron chi connectivity index (χ3n) is 3.62. The van der Waals surface area contributed by atoms with Crippen LogP contribution < -0.4 is 0 Å². The minimum atomic E-state index is 0.427. The maximum absolute atomic E-state index is 5.57. The van der Waals surface area contributed by atoms with Gasteiger partial charge in [-0.2, -0.15) is 0 Å². The third kappa shape index (κ3) is 2.00. The Hall–Kier alpha value is 0.400. The lowest BCUT2D eigenvalue weighted by molar-refractivity contribution is 0.0929. The molecule has 2 aliphatic heterocycles. The van der Waals surface area contributed by atoms with Gasteiger partial charge in [-0.05, 0) is 31.7 Å². The Morgan fingerprint density at radius 1 is 1.50 bits per heavy atom. The molecule has 2 nitrogen and oxygen atoms in total. The minimum Gasteiger partial charge on any atom is -0.379 e. The van der Waals surface area contributed by atoms with Gasteiger partial charge in [0.15, 0.2) is 0 Å². The minimum absolute atomic E-state index is 0.427. The maximum Gasteiger partial charge on any atom is 0.0651 e. The number of alkyl halides is 1. The van der Waals surface area contributed by atoms with Crippen LogP contribution in [0.5, 0.6) is 0 Å². The van der Waals surface area contributed by atoms with E-state index in [1.807, 2.05) is 0 Å². The van der Waals surface area contributed by atoms with Gasteiger partial charge in [0.05, 0.1) is 6.61 Å². The Morgan fingerprint density at radius 3 is 3.00 bits per heavy atom. The molecule has 2 atom stereocenters. The van der Waals surface area contributed by atoms with Crippen molar-refractivity contribution >= 4 is 15.9 Å². The molecule has 2 rings (SSSR count). The van der Waals surface area contributed by atoms with E-state index in [2.05, 4.69) is 27.8 Å². The molecule has 0 saturated carbocycles. The summed E-state index contributed by atoms with van der Waals surface area (Å²) in [6, 6.07) is 0. The van der Waals surface area contributed by atoms with Crippen molar-refractivity contribution in [3.8, 4) is 0 Å². The molecule has 0 amide bonds. The number of hydrogen-bond donors (Lipinski definition) is 0. The lowest BCUT2D eigenvalue weighted by Gasteiger charge is -2.35. The molecule has 14 heavy (non-hydrogen) atoms. The van der Waals surface area contributed by atoms with Crippen LogP contribution in [0.4, 0.5) is 0 Å². The second-order valence-corrected chi connectivity index (χ2v) is 5.48. The van der Waals surface area contributed by atoms with Crippen LogP contribution in [0.3, 0.4) is 0 Å². The molecule has 2 aliphatic rings. The van der Waals surface area contributed by atoms with Gasteiger partial charge in [-0.15, -0.1) is 0 Å². The molecule has 2 heterocycles. The number of nitrogens with zero attached hydrogens (tertiary/aromatic N) is 1. The summed E-state index contributed by atoms with van der Waals surface area (Å²) in [6.45, 7) is 6.77. The molecule has 0 aliphatic carbocycles. The van der Waals surface area contributed by atoms with E-state index in [1.165, 1.54) is 32.4 Å². The SMILES string of the molecule is CC(CBr)CN1CCCC12CCOC2. The highest BCUT2D eigenvalue weighted by Gasteiger charge is 2.43. The zero-order chi connectivity index (χ0) is 10.0. The fourth-order valence-electron chi connectivity index (χ4n) is 2.75. The Balaban J connectivity index is 1.96. The van der Waals surface area contributed by atoms with E-state index in [1.54, 1.807) is 0 Å². The number of likely N-dealkylation sites (tertiary alicyclic amines) is 1. The smallest absolute Gasteiger partial charge is 0.0651 e. The van der Waals surface area contributed by atoms with Gasteiger partial charge in [0.25, 0.3) is 0 Å². The number of hydrogen-bond acceptors (Lipinski definition) is 2. The normalized spacial score (nSPS) is 35.6. The predicted molar refractivity (Wildman–Crippen MR) is 61.9 cm³/mol. The molecule has 0 aromatic heterocycles. The Labute approximate surface area is 95.1 Å². The first-order chi connectivity index (χ1) is 6.77. The fourth-order valence-corrected chi connectivity index (χ4v) is 2.95. The maximum atomic E-state index is 5.57. The van der Waals surface area contributed by atoms with Crippen LogP contribution >= 0.6 is 15.9 Å². The van der Waals surface area contributed by atoms with Gasteiger partial charge in [-0.3, -0.25) is 4.90 Å². The highest BCUT2D eigenvalue weighted by molar-refractivity contribution is 9.09. The van der Waals surface area contributed by atoms with Crippen LogP contribution in [0.1, 0.15) is 26.2 Å². The molecule has 1 spiro atoms. The van der Waals surface area contributed by atoms with Gasteiger partial charge in [-0.1, -0.05) is 22.9 Å². The van der Waals surface area contributed by atoms with Crippen LogP contribution in [-0.2, 0) is 4.74 Å². The monoisotopic (exact) mass is 261 g/mol. The second kappa shape index (κ2) is 4.50. The fraction of sp³-hybridized carbons (Fsp3) is 1.00. The highest BCUT2D eigenvalue weighted by Crippen LogP contribution is 2.36. The highest BCUT2D eigenvalue weighted by atomic mass is 79.9. The molecule has 0 radical (unpaired) electrons. The molecule has 82 valence electrons. The topological polar surface area (TPSA) is 12.5 Å². The van der Waals surface area contributed by atoms with Crippen molar-refractivity contribution < 1.29 is 4.74 Å². The van der Waals surface area contributed by atoms with E-state index >= 15 is 0 Å². The zero-order valence-electron chi connectivity index (χ0n) is 8.97. The number of rotatable bonds is 3. The summed E-state index contributed by atoms with van der Waals surface area (Å²) in [7, 11) is 0. The third-order valence-corrected chi connectivity index (χ3v) is 4.72. The van der Waals surface area contributed by atoms with E-state index in [-0.39, 0.29) is 0 Å². The first kappa shape index (κ1) is 10.9. The van der Waals surface area contributed by atoms with E-state index < -0.39 is 0 Å². The summed E-state index contributed by atoms with van der Waals surface area (Å²) in [5.74, 6) is 0.755. The molecule has 0 aromatic carbocycles. The first-order valence-electron chi connectivity index (χ1n) is 5.66. The Morgan fingerprint density at radius 2 is 2.36 bits per heavy atom. The van der Waals surface area contributed by atoms with E-state index in [0.717, 1.165) is 24.5 Å². The summed E-state index contributed by atoms with van der Waals surface area (Å²) >= 11 is 3.56. The van der Waals surface area contributed by atoms with Gasteiger partial charge in [0.2, 0.25) is 0 Å². The average Bonchev–Trinajstić information content (AvgIpc) is 2.79. The van der Waals surface area contributed by atoms with Gasteiger partial charge >= 0.3 is 0 Å². The molecule has 2 fully saturated rings. The Kier molecular flexibility index (Phi) is 3.50. The predicted octanol–water partition coefficient (Wildman–Crippen LogP) is 2.27. The summed E-state index contributed by atoms with van der Waals surface area (Å²) in [5.41, 5.74) is 0.427. The molecule has 0 N–H and O–H groups in total. The van der Waals surface area contributed by atoms with Crippen LogP contribution in [0.2, 0.25) is 0 Å². The molecule has 2 unspecified atom stereocenters. The summed E-state index contributed by atoms with van der Waals surface area (Å²) in [5, 5.41) is 1.11. The quantitative estimate of drug-likeness (QED) is 0.723. The first-order valence-corrected chi connectivity index (χ1v) is 6.78. The lowest BCUT2D eigenvalue weighted by Crippen LogP contribution is -2.46. The van der Waals surface area contributed by atoms with Crippen molar-refractivity contribution in [2.45, 2.75) is 31.7 Å². The molecule has 2 saturated heterocycles. The summed E-state index contributed by atoms with van der Waals surface area (Å²) in [6.07, 6.45) is 3.96. The average molecular weight is 262 g/mol. The Bertz CT molecular complexity index is 186. The molecule has 0 aromatic rings. The van der Waals surface area contributed by atoms with Crippen molar-refractivity contribution in [2.75, 3.05) is 31.6 Å². The van der Waals surface area contributed by atoms with Gasteiger partial charge < -0.3 is 4.74 Å². The van der Waals surface area contributed by atoms with Gasteiger partial charge in [0.1, 0.15) is 0 Å². The van der Waals surface area contributed by atoms with Crippen molar-refractivity contribution in [1.29, 1.82) is 0 Å². The van der Waals surface area contributed by atoms with Crippen LogP contribution in [0, 0.1) is 5.92 Å². The number of halogens is 1. The largest absolute Gasteiger partial charge is 0.379 e. The summed E-state index contributed by atoms with van der Waals surface area (Å²) < 4.78 is 5.57. The standard InChI is InChI=1S/C11H20BrNO/c1-10(7-12)8-13-5-2-3-11(13)4-6-14-9-11/h10H,2-9H2,1H3. The molecule has 3 heteroatoms. The van der Waals surface area contributed by atoms with Gasteiger partial charge in [-0.25, -0.2) is 0 Å². The summed E-state index contributed by atoms with van der Waals surface area (Å²) in [4.78, 5) is 2.67. The lowest BCUT2D eigenvalue weighted by atomic mass is 9.95. The molecular formula is C11H20BrNO. The van der Waals surface area contributed by atoms with E-state index in [9.17, 15) is 0 Å². The van der Waals surface area contributed by atoms with Crippen molar-refractivity contribution in [1.82, 2.24) is 4.90 Å². The van der Waals surface area contributed by atoms with Crippen LogP contribution in [0.25, 0.3) is 0 Å². The second-order valence-electron chi connectivity index (χ2n) is 4.84. The number of ether oxygens (including phenoxy) is 1. The molecular weight excluding hydrogens is 242 g/mol.